The molecule has 2 heterocycles. The highest BCUT2D eigenvalue weighted by Crippen LogP contribution is 2.31. The van der Waals surface area contributed by atoms with Gasteiger partial charge in [-0.25, -0.2) is 0 Å². The van der Waals surface area contributed by atoms with Crippen molar-refractivity contribution in [1.82, 2.24) is 15.0 Å². The maximum Gasteiger partial charge on any atom is 0.261 e. The average Bonchev–Trinajstić information content (AvgIpc) is 3.23. The topological polar surface area (TPSA) is 68.5 Å². The minimum Gasteiger partial charge on any atom is -0.484 e. The molecule has 1 saturated heterocycles. The summed E-state index contributed by atoms with van der Waals surface area (Å²) in [5.74, 6) is 1.65. The number of ether oxygens (including phenoxy) is 1. The highest BCUT2D eigenvalue weighted by molar-refractivity contribution is 5.78. The van der Waals surface area contributed by atoms with Crippen LogP contribution in [0.2, 0.25) is 0 Å². The number of carbonyl (C=O) groups is 1. The summed E-state index contributed by atoms with van der Waals surface area (Å²) in [4.78, 5) is 19.1. The molecule has 0 spiro atoms. The van der Waals surface area contributed by atoms with Gasteiger partial charge < -0.3 is 14.2 Å². The first-order valence-corrected chi connectivity index (χ1v) is 9.17. The van der Waals surface area contributed by atoms with Crippen LogP contribution in [0, 0.1) is 0 Å². The van der Waals surface area contributed by atoms with E-state index < -0.39 is 0 Å². The molecular weight excluding hydrogens is 342 g/mol. The Morgan fingerprint density at radius 2 is 1.81 bits per heavy atom. The van der Waals surface area contributed by atoms with E-state index in [1.165, 1.54) is 0 Å². The summed E-state index contributed by atoms with van der Waals surface area (Å²) in [7, 11) is 0. The van der Waals surface area contributed by atoms with Crippen molar-refractivity contribution in [2.45, 2.75) is 25.3 Å². The molecule has 138 valence electrons. The Hall–Kier alpha value is -3.15. The third kappa shape index (κ3) is 4.00. The fourth-order valence-corrected chi connectivity index (χ4v) is 3.31. The minimum atomic E-state index is -0.199. The monoisotopic (exact) mass is 363 g/mol. The van der Waals surface area contributed by atoms with Crippen molar-refractivity contribution < 1.29 is 14.1 Å². The van der Waals surface area contributed by atoms with Gasteiger partial charge in [-0.2, -0.15) is 4.98 Å². The zero-order chi connectivity index (χ0) is 18.5. The first kappa shape index (κ1) is 17.3. The Morgan fingerprint density at radius 3 is 2.59 bits per heavy atom. The summed E-state index contributed by atoms with van der Waals surface area (Å²) >= 11 is 0. The highest BCUT2D eigenvalue weighted by Gasteiger charge is 2.32. The number of nitrogens with zero attached hydrogens (tertiary/aromatic N) is 3. The Balaban J connectivity index is 1.47. The van der Waals surface area contributed by atoms with Crippen LogP contribution in [0.5, 0.6) is 5.75 Å². The molecule has 0 bridgehead atoms. The molecule has 1 aromatic heterocycles. The molecule has 3 aromatic rings. The molecule has 0 aliphatic carbocycles. The standard InChI is InChI=1S/C21H21N3O3/c25-19(15-26-17-11-5-2-6-12-17)24-14-8-7-13-18(24)21-22-20(23-27-21)16-9-3-1-4-10-16/h1-6,9-12,18H,7-8,13-15H2. The summed E-state index contributed by atoms with van der Waals surface area (Å²) in [6, 6.07) is 18.8. The van der Waals surface area contributed by atoms with Crippen molar-refractivity contribution in [3.63, 3.8) is 0 Å². The van der Waals surface area contributed by atoms with Crippen LogP contribution in [0.3, 0.4) is 0 Å². The zero-order valence-corrected chi connectivity index (χ0v) is 15.0. The van der Waals surface area contributed by atoms with Gasteiger partial charge in [0.2, 0.25) is 11.7 Å². The number of para-hydroxylation sites is 1. The SMILES string of the molecule is O=C(COc1ccccc1)N1CCCCC1c1nc(-c2ccccc2)no1. The number of hydrogen-bond donors (Lipinski definition) is 0. The Labute approximate surface area is 157 Å². The maximum atomic E-state index is 12.7. The molecule has 27 heavy (non-hydrogen) atoms. The van der Waals surface area contributed by atoms with Gasteiger partial charge in [-0.05, 0) is 31.4 Å². The van der Waals surface area contributed by atoms with E-state index in [0.29, 0.717) is 24.0 Å². The van der Waals surface area contributed by atoms with Gasteiger partial charge >= 0.3 is 0 Å². The summed E-state index contributed by atoms with van der Waals surface area (Å²) in [5.41, 5.74) is 0.897. The molecule has 2 aromatic carbocycles. The summed E-state index contributed by atoms with van der Waals surface area (Å²) in [6.45, 7) is 0.672. The molecule has 1 atom stereocenters. The van der Waals surface area contributed by atoms with Crippen LogP contribution in [0.15, 0.2) is 65.2 Å². The van der Waals surface area contributed by atoms with E-state index in [2.05, 4.69) is 10.1 Å². The Morgan fingerprint density at radius 1 is 1.07 bits per heavy atom. The van der Waals surface area contributed by atoms with E-state index in [9.17, 15) is 4.79 Å². The molecule has 0 radical (unpaired) electrons. The predicted octanol–water partition coefficient (Wildman–Crippen LogP) is 3.87. The lowest BCUT2D eigenvalue weighted by Crippen LogP contribution is -2.41. The first-order valence-electron chi connectivity index (χ1n) is 9.17. The number of aromatic nitrogens is 2. The second-order valence-electron chi connectivity index (χ2n) is 6.52. The van der Waals surface area contributed by atoms with Gasteiger partial charge in [-0.15, -0.1) is 0 Å². The summed E-state index contributed by atoms with van der Waals surface area (Å²) in [6.07, 6.45) is 2.80. The number of hydrogen-bond acceptors (Lipinski definition) is 5. The van der Waals surface area contributed by atoms with E-state index in [4.69, 9.17) is 9.26 Å². The first-order chi connectivity index (χ1) is 13.3. The number of carbonyl (C=O) groups excluding carboxylic acids is 1. The van der Waals surface area contributed by atoms with Crippen LogP contribution in [0.4, 0.5) is 0 Å². The van der Waals surface area contributed by atoms with Gasteiger partial charge in [0.1, 0.15) is 11.8 Å². The number of piperidine rings is 1. The molecule has 1 fully saturated rings. The van der Waals surface area contributed by atoms with Gasteiger partial charge in [0, 0.05) is 12.1 Å². The predicted molar refractivity (Wildman–Crippen MR) is 100.0 cm³/mol. The number of likely N-dealkylation sites (tertiary alicyclic amines) is 1. The van der Waals surface area contributed by atoms with E-state index in [0.717, 1.165) is 24.8 Å². The van der Waals surface area contributed by atoms with Gasteiger partial charge in [0.15, 0.2) is 6.61 Å². The number of rotatable bonds is 5. The van der Waals surface area contributed by atoms with Crippen molar-refractivity contribution in [3.8, 4) is 17.1 Å². The largest absolute Gasteiger partial charge is 0.484 e. The van der Waals surface area contributed by atoms with Crippen molar-refractivity contribution in [3.05, 3.63) is 66.6 Å². The zero-order valence-electron chi connectivity index (χ0n) is 15.0. The third-order valence-electron chi connectivity index (χ3n) is 4.69. The molecule has 4 rings (SSSR count). The van der Waals surface area contributed by atoms with Gasteiger partial charge in [-0.1, -0.05) is 53.7 Å². The van der Waals surface area contributed by atoms with Gasteiger partial charge in [0.05, 0.1) is 0 Å². The third-order valence-corrected chi connectivity index (χ3v) is 4.69. The van der Waals surface area contributed by atoms with Crippen LogP contribution >= 0.6 is 0 Å². The second-order valence-corrected chi connectivity index (χ2v) is 6.52. The van der Waals surface area contributed by atoms with E-state index >= 15 is 0 Å². The second kappa shape index (κ2) is 8.03. The fraction of sp³-hybridized carbons (Fsp3) is 0.286. The average molecular weight is 363 g/mol. The molecule has 1 aliphatic rings. The van der Waals surface area contributed by atoms with Crippen LogP contribution in [-0.4, -0.2) is 34.1 Å². The lowest BCUT2D eigenvalue weighted by atomic mass is 10.0. The summed E-state index contributed by atoms with van der Waals surface area (Å²) in [5, 5.41) is 4.09. The van der Waals surface area contributed by atoms with Crippen molar-refractivity contribution >= 4 is 5.91 Å². The van der Waals surface area contributed by atoms with Crippen LogP contribution < -0.4 is 4.74 Å². The van der Waals surface area contributed by atoms with E-state index in [1.54, 1.807) is 4.90 Å². The normalized spacial score (nSPS) is 16.9. The molecule has 1 aliphatic heterocycles. The van der Waals surface area contributed by atoms with Crippen LogP contribution in [-0.2, 0) is 4.79 Å². The highest BCUT2D eigenvalue weighted by atomic mass is 16.5. The van der Waals surface area contributed by atoms with Gasteiger partial charge in [0.25, 0.3) is 5.91 Å². The molecule has 6 heteroatoms. The van der Waals surface area contributed by atoms with Crippen molar-refractivity contribution in [2.24, 2.45) is 0 Å². The lowest BCUT2D eigenvalue weighted by Gasteiger charge is -2.33. The number of benzene rings is 2. The quantitative estimate of drug-likeness (QED) is 0.688. The minimum absolute atomic E-state index is 0.000191. The van der Waals surface area contributed by atoms with Gasteiger partial charge in [-0.3, -0.25) is 4.79 Å². The number of amides is 1. The maximum absolute atomic E-state index is 12.7. The molecule has 1 amide bonds. The smallest absolute Gasteiger partial charge is 0.261 e. The van der Waals surface area contributed by atoms with E-state index in [1.807, 2.05) is 60.7 Å². The lowest BCUT2D eigenvalue weighted by molar-refractivity contribution is -0.138. The molecule has 0 saturated carbocycles. The Kier molecular flexibility index (Phi) is 5.14. The molecular formula is C21H21N3O3. The summed E-state index contributed by atoms with van der Waals surface area (Å²) < 4.78 is 11.1. The van der Waals surface area contributed by atoms with E-state index in [-0.39, 0.29) is 18.6 Å². The van der Waals surface area contributed by atoms with Crippen LogP contribution in [0.1, 0.15) is 31.2 Å². The van der Waals surface area contributed by atoms with Crippen molar-refractivity contribution in [2.75, 3.05) is 13.2 Å². The fourth-order valence-electron chi connectivity index (χ4n) is 3.31. The Bertz CT molecular complexity index is 880. The van der Waals surface area contributed by atoms with Crippen LogP contribution in [0.25, 0.3) is 11.4 Å². The molecule has 6 nitrogen and oxygen atoms in total. The van der Waals surface area contributed by atoms with Crippen molar-refractivity contribution in [1.29, 1.82) is 0 Å². The molecule has 1 unspecified atom stereocenters. The molecule has 0 N–H and O–H groups in total.